The maximum Gasteiger partial charge on any atom is 0.374 e. The SMILES string of the molecule is C=C(OC(=O)C(C)OC)C(=O)OC(C)C(=O)CC.COC(C)C(C)=O.COC(C)C(C)=O. The second-order valence-electron chi connectivity index (χ2n) is 6.57. The maximum absolute atomic E-state index is 11.4. The molecule has 0 aromatic heterocycles. The highest BCUT2D eigenvalue weighted by atomic mass is 16.6. The van der Waals surface area contributed by atoms with Crippen molar-refractivity contribution in [2.24, 2.45) is 0 Å². The smallest absolute Gasteiger partial charge is 0.374 e. The Morgan fingerprint density at radius 1 is 0.719 bits per heavy atom. The Bertz CT molecular complexity index is 606. The number of esters is 2. The summed E-state index contributed by atoms with van der Waals surface area (Å²) in [7, 11) is 4.37. The zero-order valence-corrected chi connectivity index (χ0v) is 20.8. The molecule has 0 aromatic carbocycles. The summed E-state index contributed by atoms with van der Waals surface area (Å²) in [6.07, 6.45) is -1.93. The van der Waals surface area contributed by atoms with Crippen molar-refractivity contribution >= 4 is 29.3 Å². The third kappa shape index (κ3) is 17.3. The molecule has 0 aliphatic carbocycles. The van der Waals surface area contributed by atoms with Crippen LogP contribution in [-0.2, 0) is 47.7 Å². The number of rotatable bonds is 11. The van der Waals surface area contributed by atoms with Crippen molar-refractivity contribution in [3.63, 3.8) is 0 Å². The number of hydrogen-bond donors (Lipinski definition) is 0. The van der Waals surface area contributed by atoms with E-state index >= 15 is 0 Å². The largest absolute Gasteiger partial charge is 0.449 e. The number of methoxy groups -OCH3 is 3. The lowest BCUT2D eigenvalue weighted by Crippen LogP contribution is -2.27. The molecule has 0 fully saturated rings. The van der Waals surface area contributed by atoms with Gasteiger partial charge in [-0.25, -0.2) is 9.59 Å². The van der Waals surface area contributed by atoms with Gasteiger partial charge in [-0.3, -0.25) is 14.4 Å². The van der Waals surface area contributed by atoms with Gasteiger partial charge in [0.05, 0.1) is 0 Å². The van der Waals surface area contributed by atoms with E-state index < -0.39 is 29.9 Å². The first-order valence-corrected chi connectivity index (χ1v) is 9.93. The van der Waals surface area contributed by atoms with Crippen LogP contribution < -0.4 is 0 Å². The molecule has 0 aliphatic heterocycles. The highest BCUT2D eigenvalue weighted by Crippen LogP contribution is 2.06. The van der Waals surface area contributed by atoms with Crippen LogP contribution in [0, 0.1) is 0 Å². The van der Waals surface area contributed by atoms with E-state index in [0.717, 1.165) is 0 Å². The van der Waals surface area contributed by atoms with Gasteiger partial charge in [-0.1, -0.05) is 6.92 Å². The highest BCUT2D eigenvalue weighted by Gasteiger charge is 2.22. The monoisotopic (exact) mass is 462 g/mol. The molecule has 4 unspecified atom stereocenters. The summed E-state index contributed by atoms with van der Waals surface area (Å²) < 4.78 is 23.4. The second-order valence-corrected chi connectivity index (χ2v) is 6.57. The molecule has 0 aromatic rings. The van der Waals surface area contributed by atoms with E-state index in [0.29, 0.717) is 0 Å². The first-order chi connectivity index (χ1) is 14.7. The lowest BCUT2D eigenvalue weighted by Gasteiger charge is -2.13. The minimum absolute atomic E-state index is 0.0718. The normalized spacial score (nSPS) is 13.4. The zero-order chi connectivity index (χ0) is 26.0. The summed E-state index contributed by atoms with van der Waals surface area (Å²) in [5, 5.41) is 0. The van der Waals surface area contributed by atoms with Crippen LogP contribution in [0.1, 0.15) is 54.9 Å². The van der Waals surface area contributed by atoms with Crippen molar-refractivity contribution in [1.82, 2.24) is 0 Å². The standard InChI is InChI=1S/C12H18O6.2C5H10O2/c1-6-10(13)7(2)17-12(15)9(4)18-11(14)8(3)16-5;2*1-4(6)5(2)7-3/h7-8H,4,6H2,1-3,5H3;2*5H,1-3H3. The van der Waals surface area contributed by atoms with Crippen molar-refractivity contribution in [2.75, 3.05) is 21.3 Å². The topological polar surface area (TPSA) is 132 Å². The van der Waals surface area contributed by atoms with Crippen LogP contribution in [0.25, 0.3) is 0 Å². The molecule has 0 amide bonds. The first-order valence-electron chi connectivity index (χ1n) is 9.93. The summed E-state index contributed by atoms with van der Waals surface area (Å²) >= 11 is 0. The van der Waals surface area contributed by atoms with E-state index in [1.807, 2.05) is 0 Å². The number of ketones is 3. The Morgan fingerprint density at radius 2 is 1.09 bits per heavy atom. The fourth-order valence-electron chi connectivity index (χ4n) is 1.25. The van der Waals surface area contributed by atoms with Crippen molar-refractivity contribution in [3.05, 3.63) is 12.3 Å². The van der Waals surface area contributed by atoms with Crippen LogP contribution >= 0.6 is 0 Å². The first kappa shape index (κ1) is 34.2. The van der Waals surface area contributed by atoms with Crippen molar-refractivity contribution in [2.45, 2.75) is 79.3 Å². The molecule has 0 rings (SSSR count). The predicted octanol–water partition coefficient (Wildman–Crippen LogP) is 2.21. The van der Waals surface area contributed by atoms with Gasteiger partial charge < -0.3 is 23.7 Å². The van der Waals surface area contributed by atoms with Gasteiger partial charge in [0.2, 0.25) is 5.76 Å². The van der Waals surface area contributed by atoms with Gasteiger partial charge in [0.25, 0.3) is 0 Å². The molecule has 0 heterocycles. The molecule has 0 saturated carbocycles. The fraction of sp³-hybridized carbons (Fsp3) is 0.682. The Kier molecular flexibility index (Phi) is 20.6. The highest BCUT2D eigenvalue weighted by molar-refractivity contribution is 5.92. The molecule has 10 heteroatoms. The minimum atomic E-state index is -0.944. The number of carbonyl (C=O) groups is 5. The molecule has 0 N–H and O–H groups in total. The Morgan fingerprint density at radius 3 is 1.34 bits per heavy atom. The van der Waals surface area contributed by atoms with Gasteiger partial charge in [-0.2, -0.15) is 0 Å². The van der Waals surface area contributed by atoms with Gasteiger partial charge in [-0.15, -0.1) is 0 Å². The van der Waals surface area contributed by atoms with E-state index in [4.69, 9.17) is 9.47 Å². The van der Waals surface area contributed by atoms with Crippen LogP contribution in [0.15, 0.2) is 12.3 Å². The van der Waals surface area contributed by atoms with E-state index in [1.54, 1.807) is 20.8 Å². The molecule has 186 valence electrons. The maximum atomic E-state index is 11.4. The fourth-order valence-corrected chi connectivity index (χ4v) is 1.25. The van der Waals surface area contributed by atoms with E-state index in [2.05, 4.69) is 20.8 Å². The lowest BCUT2D eigenvalue weighted by atomic mass is 10.2. The molecule has 32 heavy (non-hydrogen) atoms. The van der Waals surface area contributed by atoms with Crippen molar-refractivity contribution < 1.29 is 47.7 Å². The number of ether oxygens (including phenoxy) is 5. The van der Waals surface area contributed by atoms with Crippen LogP contribution in [0.2, 0.25) is 0 Å². The lowest BCUT2D eigenvalue weighted by molar-refractivity contribution is -0.161. The Labute approximate surface area is 190 Å². The van der Waals surface area contributed by atoms with Crippen molar-refractivity contribution in [3.8, 4) is 0 Å². The molecule has 4 atom stereocenters. The average Bonchev–Trinajstić information content (AvgIpc) is 2.76. The van der Waals surface area contributed by atoms with Gasteiger partial charge in [0, 0.05) is 27.8 Å². The van der Waals surface area contributed by atoms with E-state index in [9.17, 15) is 24.0 Å². The molecular weight excluding hydrogens is 424 g/mol. The van der Waals surface area contributed by atoms with Gasteiger partial charge in [-0.05, 0) is 48.1 Å². The summed E-state index contributed by atoms with van der Waals surface area (Å²) in [6.45, 7) is 14.3. The molecule has 0 spiro atoms. The van der Waals surface area contributed by atoms with Gasteiger partial charge >= 0.3 is 11.9 Å². The molecule has 10 nitrogen and oxygen atoms in total. The molecule has 0 aliphatic rings. The quantitative estimate of drug-likeness (QED) is 0.256. The van der Waals surface area contributed by atoms with Crippen LogP contribution in [0.3, 0.4) is 0 Å². The zero-order valence-electron chi connectivity index (χ0n) is 20.8. The predicted molar refractivity (Wildman–Crippen MR) is 117 cm³/mol. The summed E-state index contributed by atoms with van der Waals surface area (Å²) in [6, 6.07) is 0. The Hall–Kier alpha value is -2.43. The van der Waals surface area contributed by atoms with Gasteiger partial charge in [0.1, 0.15) is 12.2 Å². The third-order valence-corrected chi connectivity index (χ3v) is 4.07. The Balaban J connectivity index is -0.000000491. The third-order valence-electron chi connectivity index (χ3n) is 4.07. The average molecular weight is 463 g/mol. The van der Waals surface area contributed by atoms with E-state index in [-0.39, 0.29) is 36.0 Å². The molecule has 0 radical (unpaired) electrons. The molecular formula is C22H38O10. The summed E-state index contributed by atoms with van der Waals surface area (Å²) in [5.41, 5.74) is 0. The van der Waals surface area contributed by atoms with Crippen LogP contribution in [0.4, 0.5) is 0 Å². The number of hydrogen-bond acceptors (Lipinski definition) is 10. The molecule has 0 saturated heterocycles. The number of Topliss-reactive ketones (excluding diaryl/α,β-unsaturated/α-hetero) is 3. The second kappa shape index (κ2) is 19.3. The number of carbonyl (C=O) groups excluding carboxylic acids is 5. The minimum Gasteiger partial charge on any atom is -0.449 e. The van der Waals surface area contributed by atoms with Crippen LogP contribution in [0.5, 0.6) is 0 Å². The van der Waals surface area contributed by atoms with Gasteiger partial charge in [0.15, 0.2) is 29.6 Å². The van der Waals surface area contributed by atoms with Crippen LogP contribution in [-0.4, -0.2) is 75.0 Å². The van der Waals surface area contributed by atoms with Crippen molar-refractivity contribution in [1.29, 1.82) is 0 Å². The summed E-state index contributed by atoms with van der Waals surface area (Å²) in [5.74, 6) is -2.26. The summed E-state index contributed by atoms with van der Waals surface area (Å²) in [4.78, 5) is 54.4. The van der Waals surface area contributed by atoms with E-state index in [1.165, 1.54) is 49.0 Å². The molecule has 0 bridgehead atoms.